The summed E-state index contributed by atoms with van der Waals surface area (Å²) < 4.78 is 7.60. The fourth-order valence-corrected chi connectivity index (χ4v) is 4.82. The molecule has 4 rings (SSSR count). The molecule has 0 aliphatic carbocycles. The lowest BCUT2D eigenvalue weighted by molar-refractivity contribution is 0.101. The number of hydrogen-bond donors (Lipinski definition) is 0. The highest BCUT2D eigenvalue weighted by Gasteiger charge is 2.17. The van der Waals surface area contributed by atoms with Crippen molar-refractivity contribution in [2.24, 2.45) is 0 Å². The monoisotopic (exact) mass is 435 g/mol. The maximum atomic E-state index is 11.8. The molecule has 5 nitrogen and oxygen atoms in total. The van der Waals surface area contributed by atoms with Gasteiger partial charge in [0.15, 0.2) is 10.9 Å². The minimum atomic E-state index is 0.0367. The summed E-state index contributed by atoms with van der Waals surface area (Å²) in [5.74, 6) is 2.32. The van der Waals surface area contributed by atoms with Crippen LogP contribution >= 0.6 is 23.1 Å². The van der Waals surface area contributed by atoms with Gasteiger partial charge in [0.05, 0.1) is 7.11 Å². The topological polar surface area (TPSA) is 57.0 Å². The molecule has 152 valence electrons. The smallest absolute Gasteiger partial charge is 0.196 e. The van der Waals surface area contributed by atoms with E-state index in [0.717, 1.165) is 34.4 Å². The molecule has 7 heteroatoms. The summed E-state index contributed by atoms with van der Waals surface area (Å²) >= 11 is 3.29. The van der Waals surface area contributed by atoms with E-state index >= 15 is 0 Å². The van der Waals surface area contributed by atoms with E-state index in [1.807, 2.05) is 36.4 Å². The van der Waals surface area contributed by atoms with E-state index in [-0.39, 0.29) is 5.78 Å². The average Bonchev–Trinajstić information content (AvgIpc) is 3.43. The standard InChI is InChI=1S/C23H21N3O2S2/c1-16(27)17-10-11-21(28-2)18(13-17)15-30-23-25-24-22(14-20-9-6-12-29-20)26(23)19-7-4-3-5-8-19/h3-13H,14-15H2,1-2H3. The SMILES string of the molecule is COc1ccc(C(C)=O)cc1CSc1nnc(Cc2cccs2)n1-c1ccccc1. The molecule has 0 amide bonds. The third-order valence-electron chi connectivity index (χ3n) is 4.67. The van der Waals surface area contributed by atoms with E-state index in [1.54, 1.807) is 43.2 Å². The Kier molecular flexibility index (Phi) is 6.30. The Morgan fingerprint density at radius 1 is 1.10 bits per heavy atom. The molecule has 0 bridgehead atoms. The number of methoxy groups -OCH3 is 1. The van der Waals surface area contributed by atoms with Gasteiger partial charge in [-0.05, 0) is 48.7 Å². The van der Waals surface area contributed by atoms with Crippen LogP contribution in [0.1, 0.15) is 33.5 Å². The first-order chi connectivity index (χ1) is 14.7. The average molecular weight is 436 g/mol. The van der Waals surface area contributed by atoms with E-state index in [4.69, 9.17) is 4.74 Å². The first kappa shape index (κ1) is 20.4. The number of nitrogens with zero attached hydrogens (tertiary/aromatic N) is 3. The maximum Gasteiger partial charge on any atom is 0.196 e. The van der Waals surface area contributed by atoms with Crippen molar-refractivity contribution in [2.45, 2.75) is 24.3 Å². The van der Waals surface area contributed by atoms with Gasteiger partial charge in [-0.1, -0.05) is 36.0 Å². The van der Waals surface area contributed by atoms with E-state index in [0.29, 0.717) is 11.3 Å². The molecule has 0 aliphatic rings. The van der Waals surface area contributed by atoms with Gasteiger partial charge in [0, 0.05) is 33.9 Å². The molecule has 30 heavy (non-hydrogen) atoms. The largest absolute Gasteiger partial charge is 0.496 e. The van der Waals surface area contributed by atoms with Gasteiger partial charge in [-0.25, -0.2) is 0 Å². The second kappa shape index (κ2) is 9.28. The first-order valence-corrected chi connectivity index (χ1v) is 11.3. The second-order valence-electron chi connectivity index (χ2n) is 6.70. The molecular formula is C23H21N3O2S2. The van der Waals surface area contributed by atoms with Crippen LogP contribution in [0.5, 0.6) is 5.75 Å². The summed E-state index contributed by atoms with van der Waals surface area (Å²) in [6.07, 6.45) is 0.725. The van der Waals surface area contributed by atoms with E-state index < -0.39 is 0 Å². The van der Waals surface area contributed by atoms with Gasteiger partial charge in [0.2, 0.25) is 0 Å². The Balaban J connectivity index is 1.66. The fourth-order valence-electron chi connectivity index (χ4n) is 3.17. The van der Waals surface area contributed by atoms with Crippen molar-refractivity contribution in [2.75, 3.05) is 7.11 Å². The number of carbonyl (C=O) groups excluding carboxylic acids is 1. The van der Waals surface area contributed by atoms with Gasteiger partial charge in [0.25, 0.3) is 0 Å². The van der Waals surface area contributed by atoms with Crippen LogP contribution in [0.15, 0.2) is 71.2 Å². The van der Waals surface area contributed by atoms with Crippen LogP contribution in [0.3, 0.4) is 0 Å². The Bertz CT molecular complexity index is 1140. The lowest BCUT2D eigenvalue weighted by Gasteiger charge is -2.12. The predicted molar refractivity (Wildman–Crippen MR) is 121 cm³/mol. The zero-order valence-corrected chi connectivity index (χ0v) is 18.4. The fraction of sp³-hybridized carbons (Fsp3) is 0.174. The van der Waals surface area contributed by atoms with Gasteiger partial charge in [0.1, 0.15) is 11.6 Å². The third-order valence-corrected chi connectivity index (χ3v) is 6.53. The second-order valence-corrected chi connectivity index (χ2v) is 8.67. The lowest BCUT2D eigenvalue weighted by Crippen LogP contribution is -2.03. The molecule has 2 aromatic carbocycles. The third kappa shape index (κ3) is 4.47. The molecule has 0 fully saturated rings. The minimum Gasteiger partial charge on any atom is -0.496 e. The van der Waals surface area contributed by atoms with Crippen molar-refractivity contribution in [3.05, 3.63) is 87.9 Å². The van der Waals surface area contributed by atoms with Crippen molar-refractivity contribution < 1.29 is 9.53 Å². The van der Waals surface area contributed by atoms with Crippen LogP contribution < -0.4 is 4.74 Å². The van der Waals surface area contributed by atoms with Crippen molar-refractivity contribution >= 4 is 28.9 Å². The molecule has 0 N–H and O–H groups in total. The summed E-state index contributed by atoms with van der Waals surface area (Å²) in [4.78, 5) is 13.0. The molecule has 4 aromatic rings. The number of ether oxygens (including phenoxy) is 1. The molecule has 0 saturated carbocycles. The van der Waals surface area contributed by atoms with Crippen LogP contribution in [0.25, 0.3) is 5.69 Å². The zero-order valence-electron chi connectivity index (χ0n) is 16.7. The summed E-state index contributed by atoms with van der Waals surface area (Å²) in [6, 6.07) is 19.8. The molecule has 0 radical (unpaired) electrons. The van der Waals surface area contributed by atoms with E-state index in [9.17, 15) is 4.79 Å². The van der Waals surface area contributed by atoms with Crippen LogP contribution in [0, 0.1) is 0 Å². The van der Waals surface area contributed by atoms with Gasteiger partial charge < -0.3 is 4.74 Å². The number of para-hydroxylation sites is 1. The highest BCUT2D eigenvalue weighted by Crippen LogP contribution is 2.30. The van der Waals surface area contributed by atoms with Crippen molar-refractivity contribution in [1.29, 1.82) is 0 Å². The van der Waals surface area contributed by atoms with Crippen LogP contribution in [-0.4, -0.2) is 27.7 Å². The first-order valence-electron chi connectivity index (χ1n) is 9.48. The molecule has 0 unspecified atom stereocenters. The van der Waals surface area contributed by atoms with Crippen molar-refractivity contribution in [1.82, 2.24) is 14.8 Å². The Morgan fingerprint density at radius 2 is 1.93 bits per heavy atom. The highest BCUT2D eigenvalue weighted by molar-refractivity contribution is 7.98. The number of aromatic nitrogens is 3. The Hall–Kier alpha value is -2.90. The van der Waals surface area contributed by atoms with E-state index in [2.05, 4.69) is 38.3 Å². The van der Waals surface area contributed by atoms with Gasteiger partial charge in [-0.15, -0.1) is 21.5 Å². The maximum absolute atomic E-state index is 11.8. The number of thioether (sulfide) groups is 1. The van der Waals surface area contributed by atoms with Crippen molar-refractivity contribution in [3.8, 4) is 11.4 Å². The number of thiophene rings is 1. The number of Topliss-reactive ketones (excluding diaryl/α,β-unsaturated/α-hetero) is 1. The molecule has 0 spiro atoms. The summed E-state index contributed by atoms with van der Waals surface area (Å²) in [5, 5.41) is 11.8. The predicted octanol–water partition coefficient (Wildman–Crippen LogP) is 5.42. The molecule has 0 atom stereocenters. The lowest BCUT2D eigenvalue weighted by atomic mass is 10.1. The van der Waals surface area contributed by atoms with Crippen LogP contribution in [0.4, 0.5) is 0 Å². The summed E-state index contributed by atoms with van der Waals surface area (Å²) in [6.45, 7) is 1.57. The van der Waals surface area contributed by atoms with Crippen LogP contribution in [0.2, 0.25) is 0 Å². The number of rotatable bonds is 8. The molecule has 2 aromatic heterocycles. The normalized spacial score (nSPS) is 10.9. The number of hydrogen-bond acceptors (Lipinski definition) is 6. The highest BCUT2D eigenvalue weighted by atomic mass is 32.2. The van der Waals surface area contributed by atoms with Gasteiger partial charge in [-0.2, -0.15) is 0 Å². The van der Waals surface area contributed by atoms with Crippen molar-refractivity contribution in [3.63, 3.8) is 0 Å². The van der Waals surface area contributed by atoms with Crippen LogP contribution in [-0.2, 0) is 12.2 Å². The summed E-state index contributed by atoms with van der Waals surface area (Å²) in [7, 11) is 1.64. The molecular weight excluding hydrogens is 414 g/mol. The Labute approximate surface area is 183 Å². The minimum absolute atomic E-state index is 0.0367. The zero-order chi connectivity index (χ0) is 20.9. The molecule has 2 heterocycles. The van der Waals surface area contributed by atoms with E-state index in [1.165, 1.54) is 4.88 Å². The number of carbonyl (C=O) groups is 1. The quantitative estimate of drug-likeness (QED) is 0.273. The van der Waals surface area contributed by atoms with Gasteiger partial charge in [-0.3, -0.25) is 9.36 Å². The number of benzene rings is 2. The van der Waals surface area contributed by atoms with Gasteiger partial charge >= 0.3 is 0 Å². The Morgan fingerprint density at radius 3 is 2.63 bits per heavy atom. The molecule has 0 saturated heterocycles. The molecule has 0 aliphatic heterocycles. The summed E-state index contributed by atoms with van der Waals surface area (Å²) in [5.41, 5.74) is 2.66. The number of ketones is 1.